The van der Waals surface area contributed by atoms with Gasteiger partial charge in [-0.25, -0.2) is 4.79 Å². The van der Waals surface area contributed by atoms with E-state index in [0.29, 0.717) is 32.2 Å². The van der Waals surface area contributed by atoms with E-state index in [1.54, 1.807) is 0 Å². The fraction of sp³-hybridized carbons (Fsp3) is 0.737. The van der Waals surface area contributed by atoms with Crippen molar-refractivity contribution in [2.24, 2.45) is 17.2 Å². The van der Waals surface area contributed by atoms with Crippen LogP contribution in [0, 0.1) is 0 Å². The van der Waals surface area contributed by atoms with Crippen LogP contribution in [0.2, 0.25) is 0 Å². The zero-order valence-corrected chi connectivity index (χ0v) is 18.0. The number of aliphatic hydroxyl groups excluding tert-OH is 1. The lowest BCUT2D eigenvalue weighted by molar-refractivity contribution is -0.145. The number of nitrogens with two attached hydrogens (primary N) is 3. The number of aliphatic carboxylic acids is 1. The van der Waals surface area contributed by atoms with Crippen molar-refractivity contribution in [3.05, 3.63) is 0 Å². The van der Waals surface area contributed by atoms with Gasteiger partial charge in [0.25, 0.3) is 0 Å². The Hall–Kier alpha value is -2.77. The van der Waals surface area contributed by atoms with E-state index in [2.05, 4.69) is 10.6 Å². The average molecular weight is 459 g/mol. The minimum atomic E-state index is -1.34. The van der Waals surface area contributed by atoms with Crippen LogP contribution in [0.15, 0.2) is 0 Å². The third-order valence-corrected chi connectivity index (χ3v) is 5.24. The standard InChI is InChI=1S/C19H34N6O7/c20-8-2-1-4-11(21)16(28)24-13(10-26)18(30)25-9-3-5-14(25)17(29)23-12(19(31)32)6-7-15(22)27/h11-14,26H,1-10,20-21H2,(H2,22,27)(H,23,29)(H,24,28)(H,31,32). The molecular weight excluding hydrogens is 424 g/mol. The predicted octanol–water partition coefficient (Wildman–Crippen LogP) is -3.25. The lowest BCUT2D eigenvalue weighted by Crippen LogP contribution is -2.57. The average Bonchev–Trinajstić information content (AvgIpc) is 3.23. The second kappa shape index (κ2) is 13.6. The van der Waals surface area contributed by atoms with E-state index >= 15 is 0 Å². The Morgan fingerprint density at radius 2 is 1.75 bits per heavy atom. The van der Waals surface area contributed by atoms with Gasteiger partial charge in [-0.15, -0.1) is 0 Å². The maximum atomic E-state index is 12.9. The topological polar surface area (TPSA) is 231 Å². The number of hydrogen-bond acceptors (Lipinski definition) is 8. The first-order chi connectivity index (χ1) is 15.1. The zero-order chi connectivity index (χ0) is 24.3. The highest BCUT2D eigenvalue weighted by molar-refractivity contribution is 5.94. The summed E-state index contributed by atoms with van der Waals surface area (Å²) in [6, 6.07) is -4.47. The summed E-state index contributed by atoms with van der Waals surface area (Å²) in [4.78, 5) is 61.3. The molecule has 1 rings (SSSR count). The Labute approximate surface area is 186 Å². The van der Waals surface area contributed by atoms with Gasteiger partial charge < -0.3 is 42.9 Å². The van der Waals surface area contributed by atoms with Crippen LogP contribution >= 0.6 is 0 Å². The van der Waals surface area contributed by atoms with Gasteiger partial charge in [0.1, 0.15) is 18.1 Å². The highest BCUT2D eigenvalue weighted by atomic mass is 16.4. The molecule has 0 aromatic carbocycles. The number of amides is 4. The van der Waals surface area contributed by atoms with E-state index in [4.69, 9.17) is 17.2 Å². The maximum absolute atomic E-state index is 12.9. The van der Waals surface area contributed by atoms with Crippen LogP contribution in [-0.4, -0.2) is 88.6 Å². The first kappa shape index (κ1) is 27.3. The smallest absolute Gasteiger partial charge is 0.326 e. The molecule has 1 aliphatic heterocycles. The second-order valence-corrected chi connectivity index (χ2v) is 7.73. The molecule has 0 spiro atoms. The monoisotopic (exact) mass is 458 g/mol. The number of rotatable bonds is 14. The van der Waals surface area contributed by atoms with Crippen LogP contribution in [0.4, 0.5) is 0 Å². The van der Waals surface area contributed by atoms with Crippen LogP contribution in [0.3, 0.4) is 0 Å². The van der Waals surface area contributed by atoms with E-state index in [-0.39, 0.29) is 25.8 Å². The van der Waals surface area contributed by atoms with E-state index < -0.39 is 60.4 Å². The third-order valence-electron chi connectivity index (χ3n) is 5.24. The number of carbonyl (C=O) groups excluding carboxylic acids is 4. The molecule has 182 valence electrons. The summed E-state index contributed by atoms with van der Waals surface area (Å²) in [6.07, 6.45) is 2.05. The minimum Gasteiger partial charge on any atom is -0.480 e. The molecule has 13 heteroatoms. The van der Waals surface area contributed by atoms with Gasteiger partial charge in [0.05, 0.1) is 12.6 Å². The maximum Gasteiger partial charge on any atom is 0.326 e. The summed E-state index contributed by atoms with van der Waals surface area (Å²) in [5.74, 6) is -4.01. The van der Waals surface area contributed by atoms with Gasteiger partial charge in [0.15, 0.2) is 0 Å². The van der Waals surface area contributed by atoms with Crippen molar-refractivity contribution in [3.63, 3.8) is 0 Å². The quantitative estimate of drug-likeness (QED) is 0.129. The fourth-order valence-corrected chi connectivity index (χ4v) is 3.42. The Balaban J connectivity index is 2.76. The van der Waals surface area contributed by atoms with Crippen LogP contribution in [-0.2, 0) is 24.0 Å². The predicted molar refractivity (Wildman–Crippen MR) is 113 cm³/mol. The SMILES string of the molecule is NCCCCC(N)C(=O)NC(CO)C(=O)N1CCCC1C(=O)NC(CCC(N)=O)C(=O)O. The lowest BCUT2D eigenvalue weighted by atomic mass is 10.1. The fourth-order valence-electron chi connectivity index (χ4n) is 3.42. The number of likely N-dealkylation sites (tertiary alicyclic amines) is 1. The lowest BCUT2D eigenvalue weighted by Gasteiger charge is -2.29. The summed E-state index contributed by atoms with van der Waals surface area (Å²) in [5, 5.41) is 23.6. The van der Waals surface area contributed by atoms with Gasteiger partial charge in [0, 0.05) is 13.0 Å². The van der Waals surface area contributed by atoms with Gasteiger partial charge in [-0.2, -0.15) is 0 Å². The molecule has 10 N–H and O–H groups in total. The van der Waals surface area contributed by atoms with Crippen molar-refractivity contribution in [2.45, 2.75) is 69.1 Å². The van der Waals surface area contributed by atoms with Crippen LogP contribution in [0.5, 0.6) is 0 Å². The Kier molecular flexibility index (Phi) is 11.6. The van der Waals surface area contributed by atoms with E-state index in [9.17, 15) is 34.2 Å². The largest absolute Gasteiger partial charge is 0.480 e. The molecule has 1 fully saturated rings. The van der Waals surface area contributed by atoms with E-state index in [1.165, 1.54) is 4.90 Å². The number of unbranched alkanes of at least 4 members (excludes halogenated alkanes) is 1. The number of primary amides is 1. The summed E-state index contributed by atoms with van der Waals surface area (Å²) < 4.78 is 0. The van der Waals surface area contributed by atoms with Crippen LogP contribution in [0.25, 0.3) is 0 Å². The van der Waals surface area contributed by atoms with E-state index in [1.807, 2.05) is 0 Å². The number of aliphatic hydroxyl groups is 1. The molecule has 0 aliphatic carbocycles. The molecule has 32 heavy (non-hydrogen) atoms. The third kappa shape index (κ3) is 8.40. The van der Waals surface area contributed by atoms with Crippen molar-refractivity contribution in [1.29, 1.82) is 0 Å². The van der Waals surface area contributed by atoms with Crippen LogP contribution in [0.1, 0.15) is 44.9 Å². The Morgan fingerprint density at radius 3 is 2.31 bits per heavy atom. The van der Waals surface area contributed by atoms with E-state index in [0.717, 1.165) is 0 Å². The number of carboxylic acids is 1. The molecule has 0 radical (unpaired) electrons. The van der Waals surface area contributed by atoms with Crippen molar-refractivity contribution >= 4 is 29.6 Å². The molecule has 0 saturated carbocycles. The number of hydrogen-bond donors (Lipinski definition) is 7. The molecule has 13 nitrogen and oxygen atoms in total. The molecule has 0 aromatic heterocycles. The molecular formula is C19H34N6O7. The molecule has 1 saturated heterocycles. The first-order valence-corrected chi connectivity index (χ1v) is 10.6. The van der Waals surface area contributed by atoms with Gasteiger partial charge in [-0.05, 0) is 38.6 Å². The highest BCUT2D eigenvalue weighted by Crippen LogP contribution is 2.19. The number of nitrogens with zero attached hydrogens (tertiary/aromatic N) is 1. The van der Waals surface area contributed by atoms with Crippen molar-refractivity contribution < 1.29 is 34.2 Å². The molecule has 1 heterocycles. The Bertz CT molecular complexity index is 689. The number of carbonyl (C=O) groups is 5. The van der Waals surface area contributed by atoms with Crippen molar-refractivity contribution in [1.82, 2.24) is 15.5 Å². The van der Waals surface area contributed by atoms with Crippen molar-refractivity contribution in [3.8, 4) is 0 Å². The molecule has 4 amide bonds. The number of carboxylic acid groups (broad SMARTS) is 1. The zero-order valence-electron chi connectivity index (χ0n) is 18.0. The molecule has 0 bridgehead atoms. The summed E-state index contributed by atoms with van der Waals surface area (Å²) in [6.45, 7) is -0.0259. The summed E-state index contributed by atoms with van der Waals surface area (Å²) >= 11 is 0. The minimum absolute atomic E-state index is 0.186. The molecule has 4 unspecified atom stereocenters. The van der Waals surface area contributed by atoms with Crippen LogP contribution < -0.4 is 27.8 Å². The molecule has 0 aromatic rings. The Morgan fingerprint density at radius 1 is 1.06 bits per heavy atom. The second-order valence-electron chi connectivity index (χ2n) is 7.73. The summed E-state index contributed by atoms with van der Waals surface area (Å²) in [7, 11) is 0. The first-order valence-electron chi connectivity index (χ1n) is 10.6. The van der Waals surface area contributed by atoms with Crippen molar-refractivity contribution in [2.75, 3.05) is 19.7 Å². The van der Waals surface area contributed by atoms with Gasteiger partial charge in [-0.3, -0.25) is 19.2 Å². The van der Waals surface area contributed by atoms with Gasteiger partial charge in [0.2, 0.25) is 23.6 Å². The normalized spacial score (nSPS) is 18.5. The summed E-state index contributed by atoms with van der Waals surface area (Å²) in [5.41, 5.74) is 16.2. The molecule has 4 atom stereocenters. The molecule has 1 aliphatic rings. The van der Waals surface area contributed by atoms with Gasteiger partial charge >= 0.3 is 5.97 Å². The van der Waals surface area contributed by atoms with Gasteiger partial charge in [-0.1, -0.05) is 6.42 Å². The number of nitrogens with one attached hydrogen (secondary N) is 2. The highest BCUT2D eigenvalue weighted by Gasteiger charge is 2.39.